The van der Waals surface area contributed by atoms with Crippen molar-refractivity contribution in [2.75, 3.05) is 13.7 Å². The van der Waals surface area contributed by atoms with Gasteiger partial charge in [-0.2, -0.15) is 0 Å². The number of ether oxygens (including phenoxy) is 1. The number of hydrogen-bond donors (Lipinski definition) is 1. The van der Waals surface area contributed by atoms with E-state index in [1.807, 2.05) is 6.92 Å². The van der Waals surface area contributed by atoms with E-state index < -0.39 is 0 Å². The minimum atomic E-state index is -0.262. The third-order valence-corrected chi connectivity index (χ3v) is 1.73. The summed E-state index contributed by atoms with van der Waals surface area (Å²) in [6.07, 6.45) is 2.60. The van der Waals surface area contributed by atoms with Gasteiger partial charge in [-0.15, -0.1) is 0 Å². The van der Waals surface area contributed by atoms with E-state index in [9.17, 15) is 4.79 Å². The molecule has 1 unspecified atom stereocenters. The van der Waals surface area contributed by atoms with Gasteiger partial charge in [-0.25, -0.2) is 0 Å². The van der Waals surface area contributed by atoms with E-state index in [0.29, 0.717) is 6.61 Å². The summed E-state index contributed by atoms with van der Waals surface area (Å²) in [5, 5.41) is 2.58. The predicted octanol–water partition coefficient (Wildman–Crippen LogP) is 1.33. The maximum atomic E-state index is 11.1. The number of nitrogens with one attached hydrogen (secondary N) is 1. The molecule has 0 aliphatic carbocycles. The van der Waals surface area contributed by atoms with Crippen molar-refractivity contribution in [3.8, 4) is 0 Å². The van der Waals surface area contributed by atoms with E-state index in [2.05, 4.69) is 12.2 Å². The van der Waals surface area contributed by atoms with Crippen LogP contribution in [0.4, 0.5) is 0 Å². The van der Waals surface area contributed by atoms with Gasteiger partial charge >= 0.3 is 0 Å². The molecule has 1 atom stereocenters. The van der Waals surface area contributed by atoms with Crippen LogP contribution >= 0.6 is 0 Å². The molecule has 3 heteroatoms. The fourth-order valence-electron chi connectivity index (χ4n) is 0.910. The molecule has 72 valence electrons. The molecule has 0 aromatic carbocycles. The number of hydrogen-bond acceptors (Lipinski definition) is 2. The van der Waals surface area contributed by atoms with Crippen LogP contribution < -0.4 is 5.32 Å². The second kappa shape index (κ2) is 7.10. The van der Waals surface area contributed by atoms with Crippen LogP contribution in [0.2, 0.25) is 0 Å². The van der Waals surface area contributed by atoms with Crippen molar-refractivity contribution in [1.29, 1.82) is 0 Å². The average molecular weight is 173 g/mol. The first kappa shape index (κ1) is 11.4. The molecular weight excluding hydrogens is 154 g/mol. The Labute approximate surface area is 74.5 Å². The summed E-state index contributed by atoms with van der Waals surface area (Å²) in [7, 11) is 1.63. The molecule has 12 heavy (non-hydrogen) atoms. The summed E-state index contributed by atoms with van der Waals surface area (Å²) < 4.78 is 5.37. The summed E-state index contributed by atoms with van der Waals surface area (Å²) in [4.78, 5) is 11.1. The number of likely N-dealkylation sites (N-methyl/N-ethyl adjacent to an activating group) is 1. The lowest BCUT2D eigenvalue weighted by Crippen LogP contribution is -2.33. The number of amides is 1. The van der Waals surface area contributed by atoms with Gasteiger partial charge in [-0.3, -0.25) is 4.79 Å². The Bertz CT molecular complexity index is 126. The minimum absolute atomic E-state index is 0.0198. The van der Waals surface area contributed by atoms with Crippen LogP contribution in [-0.2, 0) is 9.53 Å². The summed E-state index contributed by atoms with van der Waals surface area (Å²) in [5.74, 6) is -0.0198. The largest absolute Gasteiger partial charge is 0.368 e. The Morgan fingerprint density at radius 1 is 1.50 bits per heavy atom. The molecule has 1 amide bonds. The third-order valence-electron chi connectivity index (χ3n) is 1.73. The van der Waals surface area contributed by atoms with Crippen LogP contribution in [0.1, 0.15) is 33.1 Å². The number of carbonyl (C=O) groups is 1. The van der Waals surface area contributed by atoms with E-state index in [1.165, 1.54) is 0 Å². The van der Waals surface area contributed by atoms with Crippen molar-refractivity contribution in [2.45, 2.75) is 39.2 Å². The van der Waals surface area contributed by atoms with Crippen molar-refractivity contribution in [3.05, 3.63) is 0 Å². The van der Waals surface area contributed by atoms with E-state index in [1.54, 1.807) is 7.05 Å². The molecule has 0 saturated carbocycles. The molecule has 0 fully saturated rings. The van der Waals surface area contributed by atoms with Gasteiger partial charge in [-0.05, 0) is 12.8 Å². The van der Waals surface area contributed by atoms with Gasteiger partial charge in [0.1, 0.15) is 6.10 Å². The quantitative estimate of drug-likeness (QED) is 0.615. The monoisotopic (exact) mass is 173 g/mol. The zero-order valence-electron chi connectivity index (χ0n) is 8.22. The van der Waals surface area contributed by atoms with Crippen LogP contribution in [0, 0.1) is 0 Å². The zero-order chi connectivity index (χ0) is 9.40. The molecule has 0 spiro atoms. The number of rotatable bonds is 6. The van der Waals surface area contributed by atoms with Gasteiger partial charge in [0.15, 0.2) is 0 Å². The number of unbranched alkanes of at least 4 members (excludes halogenated alkanes) is 1. The van der Waals surface area contributed by atoms with Crippen molar-refractivity contribution in [1.82, 2.24) is 5.32 Å². The zero-order valence-corrected chi connectivity index (χ0v) is 8.22. The fourth-order valence-corrected chi connectivity index (χ4v) is 0.910. The maximum Gasteiger partial charge on any atom is 0.248 e. The van der Waals surface area contributed by atoms with Crippen LogP contribution in [-0.4, -0.2) is 25.7 Å². The standard InChI is InChI=1S/C9H19NO2/c1-4-6-7-12-8(5-2)9(11)10-3/h8H,4-7H2,1-3H3,(H,10,11). The van der Waals surface area contributed by atoms with Gasteiger partial charge < -0.3 is 10.1 Å². The lowest BCUT2D eigenvalue weighted by Gasteiger charge is -2.13. The Kier molecular flexibility index (Phi) is 6.76. The lowest BCUT2D eigenvalue weighted by molar-refractivity contribution is -0.132. The SMILES string of the molecule is CCCCOC(CC)C(=O)NC. The third kappa shape index (κ3) is 4.34. The predicted molar refractivity (Wildman–Crippen MR) is 49.0 cm³/mol. The Balaban J connectivity index is 3.60. The summed E-state index contributed by atoms with van der Waals surface area (Å²) >= 11 is 0. The molecule has 0 radical (unpaired) electrons. The first-order valence-electron chi connectivity index (χ1n) is 4.59. The molecule has 0 aromatic rings. The lowest BCUT2D eigenvalue weighted by atomic mass is 10.2. The summed E-state index contributed by atoms with van der Waals surface area (Å²) in [5.41, 5.74) is 0. The van der Waals surface area contributed by atoms with Crippen LogP contribution in [0.25, 0.3) is 0 Å². The average Bonchev–Trinajstić information content (AvgIpc) is 2.11. The highest BCUT2D eigenvalue weighted by Crippen LogP contribution is 1.99. The molecular formula is C9H19NO2. The topological polar surface area (TPSA) is 38.3 Å². The van der Waals surface area contributed by atoms with E-state index in [4.69, 9.17) is 4.74 Å². The van der Waals surface area contributed by atoms with Crippen LogP contribution in [0.3, 0.4) is 0 Å². The smallest absolute Gasteiger partial charge is 0.248 e. The van der Waals surface area contributed by atoms with Crippen molar-refractivity contribution in [3.63, 3.8) is 0 Å². The van der Waals surface area contributed by atoms with Crippen molar-refractivity contribution >= 4 is 5.91 Å². The summed E-state index contributed by atoms with van der Waals surface area (Å²) in [6, 6.07) is 0. The first-order valence-corrected chi connectivity index (χ1v) is 4.59. The molecule has 0 aliphatic heterocycles. The van der Waals surface area contributed by atoms with Gasteiger partial charge in [-0.1, -0.05) is 20.3 Å². The molecule has 1 N–H and O–H groups in total. The Morgan fingerprint density at radius 3 is 2.58 bits per heavy atom. The van der Waals surface area contributed by atoms with E-state index in [0.717, 1.165) is 19.3 Å². The van der Waals surface area contributed by atoms with E-state index >= 15 is 0 Å². The molecule has 0 rings (SSSR count). The summed E-state index contributed by atoms with van der Waals surface area (Å²) in [6.45, 7) is 4.73. The highest BCUT2D eigenvalue weighted by Gasteiger charge is 2.13. The Morgan fingerprint density at radius 2 is 2.17 bits per heavy atom. The maximum absolute atomic E-state index is 11.1. The molecule has 0 aliphatic rings. The van der Waals surface area contributed by atoms with Crippen LogP contribution in [0.15, 0.2) is 0 Å². The van der Waals surface area contributed by atoms with Crippen molar-refractivity contribution in [2.24, 2.45) is 0 Å². The van der Waals surface area contributed by atoms with Gasteiger partial charge in [0.2, 0.25) is 5.91 Å². The van der Waals surface area contributed by atoms with Crippen molar-refractivity contribution < 1.29 is 9.53 Å². The minimum Gasteiger partial charge on any atom is -0.368 e. The first-order chi connectivity index (χ1) is 5.76. The molecule has 3 nitrogen and oxygen atoms in total. The fraction of sp³-hybridized carbons (Fsp3) is 0.889. The van der Waals surface area contributed by atoms with Crippen LogP contribution in [0.5, 0.6) is 0 Å². The highest BCUT2D eigenvalue weighted by molar-refractivity contribution is 5.80. The van der Waals surface area contributed by atoms with E-state index in [-0.39, 0.29) is 12.0 Å². The normalized spacial score (nSPS) is 12.6. The van der Waals surface area contributed by atoms with Gasteiger partial charge in [0, 0.05) is 13.7 Å². The molecule has 0 bridgehead atoms. The second-order valence-corrected chi connectivity index (χ2v) is 2.74. The van der Waals surface area contributed by atoms with Gasteiger partial charge in [0.25, 0.3) is 0 Å². The number of carbonyl (C=O) groups excluding carboxylic acids is 1. The molecule has 0 aromatic heterocycles. The Hall–Kier alpha value is -0.570. The molecule has 0 saturated heterocycles. The second-order valence-electron chi connectivity index (χ2n) is 2.74. The highest BCUT2D eigenvalue weighted by atomic mass is 16.5. The molecule has 0 heterocycles. The van der Waals surface area contributed by atoms with Gasteiger partial charge in [0.05, 0.1) is 0 Å².